The molecule has 70 heavy (non-hydrogen) atoms. The number of benzene rings is 6. The fraction of sp³-hybridized carbons (Fsp3) is 0.143. The normalized spacial score (nSPS) is 12.6. The fourth-order valence-electron chi connectivity index (χ4n) is 5.98. The van der Waals surface area contributed by atoms with Crippen LogP contribution in [0.25, 0.3) is 50.2 Å². The van der Waals surface area contributed by atoms with Crippen LogP contribution >= 0.6 is 0 Å². The predicted molar refractivity (Wildman–Crippen MR) is 203 cm³/mol. The van der Waals surface area contributed by atoms with Crippen LogP contribution in [0.2, 0.25) is 0 Å². The van der Waals surface area contributed by atoms with Crippen LogP contribution in [0.4, 0.5) is 79.0 Å². The molecule has 0 bridgehead atoms. The van der Waals surface area contributed by atoms with Crippen LogP contribution in [0.3, 0.4) is 0 Å². The first-order valence-electron chi connectivity index (χ1n) is 18.6. The summed E-state index contributed by atoms with van der Waals surface area (Å²) in [4.78, 5) is 1.90. The quantitative estimate of drug-likeness (QED) is 0.129. The summed E-state index contributed by atoms with van der Waals surface area (Å²) in [5.74, 6) is 0. The molecule has 0 atom stereocenters. The number of aromatic nitrogens is 9. The van der Waals surface area contributed by atoms with Crippen LogP contribution in [0.5, 0.6) is 0 Å². The van der Waals surface area contributed by atoms with Gasteiger partial charge in [0.15, 0.2) is 0 Å². The van der Waals surface area contributed by atoms with Gasteiger partial charge in [-0.1, -0.05) is 53.1 Å². The van der Waals surface area contributed by atoms with E-state index >= 15 is 0 Å². The average molecular weight is 1180 g/mol. The number of fused-ring (bicyclic) bond motifs is 3. The van der Waals surface area contributed by atoms with E-state index in [4.69, 9.17) is 0 Å². The Morgan fingerprint density at radius 3 is 0.643 bits per heavy atom. The molecule has 9 rings (SSSR count). The molecule has 366 valence electrons. The van der Waals surface area contributed by atoms with Gasteiger partial charge in [-0.15, -0.1) is 18.2 Å². The number of hydrogen-bond donors (Lipinski definition) is 0. The molecule has 0 saturated heterocycles. The molecule has 6 aromatic carbocycles. The van der Waals surface area contributed by atoms with E-state index in [1.807, 2.05) is 18.2 Å². The number of hydrogen-bond acceptors (Lipinski definition) is 6. The van der Waals surface area contributed by atoms with Crippen molar-refractivity contribution in [3.05, 3.63) is 161 Å². The molecule has 9 aromatic rings. The van der Waals surface area contributed by atoms with Crippen molar-refractivity contribution in [2.75, 3.05) is 0 Å². The van der Waals surface area contributed by atoms with Crippen LogP contribution < -0.4 is 0 Å². The van der Waals surface area contributed by atoms with Crippen molar-refractivity contribution in [2.24, 2.45) is 0 Å². The van der Waals surface area contributed by atoms with Crippen LogP contribution in [0.15, 0.2) is 109 Å². The van der Waals surface area contributed by atoms with Gasteiger partial charge in [0, 0.05) is 0 Å². The second kappa shape index (κ2) is 19.0. The van der Waals surface area contributed by atoms with Crippen molar-refractivity contribution in [3.8, 4) is 17.1 Å². The Kier molecular flexibility index (Phi) is 14.2. The molecular formula is C42H18F18IrN9. The molecule has 0 aliphatic rings. The largest absolute Gasteiger partial charge is 3.00 e. The molecule has 3 aromatic heterocycles. The summed E-state index contributed by atoms with van der Waals surface area (Å²) in [5, 5.41) is 23.1. The van der Waals surface area contributed by atoms with Crippen LogP contribution in [0.1, 0.15) is 33.4 Å². The van der Waals surface area contributed by atoms with Crippen molar-refractivity contribution < 1.29 is 99.1 Å². The van der Waals surface area contributed by atoms with E-state index in [-0.39, 0.29) is 38.3 Å². The first-order valence-corrected chi connectivity index (χ1v) is 18.6. The zero-order valence-corrected chi connectivity index (χ0v) is 35.9. The molecule has 3 heterocycles. The second-order valence-electron chi connectivity index (χ2n) is 13.9. The van der Waals surface area contributed by atoms with Gasteiger partial charge in [-0.3, -0.25) is 0 Å². The summed E-state index contributed by atoms with van der Waals surface area (Å²) < 4.78 is 232. The van der Waals surface area contributed by atoms with E-state index in [2.05, 4.69) is 30.6 Å². The fourth-order valence-corrected chi connectivity index (χ4v) is 5.98. The van der Waals surface area contributed by atoms with Gasteiger partial charge in [0.25, 0.3) is 0 Å². The third kappa shape index (κ3) is 11.7. The minimum atomic E-state index is -5.01. The van der Waals surface area contributed by atoms with E-state index in [0.717, 1.165) is 0 Å². The molecule has 0 spiro atoms. The Balaban J connectivity index is 0.000000171. The van der Waals surface area contributed by atoms with E-state index in [0.29, 0.717) is 65.7 Å². The first kappa shape index (κ1) is 52.3. The molecule has 0 aliphatic heterocycles. The molecule has 28 heteroatoms. The molecular weight excluding hydrogens is 1160 g/mol. The van der Waals surface area contributed by atoms with Crippen LogP contribution in [-0.4, -0.2) is 45.0 Å². The third-order valence-corrected chi connectivity index (χ3v) is 9.12. The molecule has 0 aliphatic carbocycles. The Hall–Kier alpha value is -7.09. The van der Waals surface area contributed by atoms with Gasteiger partial charge in [-0.05, 0) is 70.2 Å². The molecule has 0 fully saturated rings. The van der Waals surface area contributed by atoms with Crippen molar-refractivity contribution >= 4 is 33.1 Å². The minimum Gasteiger partial charge on any atom is -0.179 e. The number of rotatable bonds is 3. The maximum absolute atomic E-state index is 13.1. The monoisotopic (exact) mass is 1180 g/mol. The standard InChI is InChI=1S/3C14H6F6N3.Ir/c3*15-13(16,17)8-5-6-12(9(7-8)14(18,19)20)23-21-10-3-1-2-4-11(10)22-23;/h3*1-5,7H;/q3*-1;+3. The number of alkyl halides is 18. The summed E-state index contributed by atoms with van der Waals surface area (Å²) in [7, 11) is 0. The van der Waals surface area contributed by atoms with Gasteiger partial charge in [-0.2, -0.15) is 160 Å². The van der Waals surface area contributed by atoms with Gasteiger partial charge in [0.1, 0.15) is 33.1 Å². The summed E-state index contributed by atoms with van der Waals surface area (Å²) >= 11 is 0. The Morgan fingerprint density at radius 1 is 0.300 bits per heavy atom. The molecule has 0 radical (unpaired) electrons. The minimum absolute atomic E-state index is 0. The topological polar surface area (TPSA) is 92.1 Å². The van der Waals surface area contributed by atoms with Crippen LogP contribution in [-0.2, 0) is 57.2 Å². The zero-order valence-electron chi connectivity index (χ0n) is 33.6. The van der Waals surface area contributed by atoms with Gasteiger partial charge in [0.2, 0.25) is 0 Å². The van der Waals surface area contributed by atoms with E-state index in [1.165, 1.54) is 36.4 Å². The molecule has 0 amide bonds. The van der Waals surface area contributed by atoms with Crippen molar-refractivity contribution in [3.63, 3.8) is 0 Å². The zero-order chi connectivity index (χ0) is 50.5. The number of halogens is 18. The van der Waals surface area contributed by atoms with Gasteiger partial charge in [-0.25, -0.2) is 0 Å². The Bertz CT molecular complexity index is 2840. The molecule has 9 nitrogen and oxygen atoms in total. The number of nitrogens with zero attached hydrogens (tertiary/aromatic N) is 9. The van der Waals surface area contributed by atoms with Crippen molar-refractivity contribution in [1.29, 1.82) is 0 Å². The van der Waals surface area contributed by atoms with Crippen molar-refractivity contribution in [1.82, 2.24) is 45.0 Å². The maximum atomic E-state index is 13.1. The van der Waals surface area contributed by atoms with Crippen molar-refractivity contribution in [2.45, 2.75) is 37.1 Å². The summed E-state index contributed by atoms with van der Waals surface area (Å²) in [5.41, 5.74) is -9.03. The molecule has 0 N–H and O–H groups in total. The third-order valence-electron chi connectivity index (χ3n) is 9.12. The maximum Gasteiger partial charge on any atom is 3.00 e. The molecule has 0 unspecified atom stereocenters. The molecule has 0 saturated carbocycles. The second-order valence-corrected chi connectivity index (χ2v) is 13.9. The smallest absolute Gasteiger partial charge is 0.179 e. The first-order chi connectivity index (χ1) is 32.0. The Morgan fingerprint density at radius 2 is 0.486 bits per heavy atom. The summed E-state index contributed by atoms with van der Waals surface area (Å²) in [6.07, 6.45) is -29.7. The van der Waals surface area contributed by atoms with Gasteiger partial charge >= 0.3 is 57.2 Å². The van der Waals surface area contributed by atoms with E-state index < -0.39 is 87.5 Å². The van der Waals surface area contributed by atoms with Gasteiger partial charge in [0.05, 0.1) is 0 Å². The summed E-state index contributed by atoms with van der Waals surface area (Å²) in [6, 6.07) is 26.2. The summed E-state index contributed by atoms with van der Waals surface area (Å²) in [6.45, 7) is 0. The van der Waals surface area contributed by atoms with E-state index in [1.54, 1.807) is 36.4 Å². The Labute approximate surface area is 391 Å². The average Bonchev–Trinajstić information content (AvgIpc) is 4.02. The predicted octanol–water partition coefficient (Wildman–Crippen LogP) is 12.8. The van der Waals surface area contributed by atoms with Crippen LogP contribution in [0, 0.1) is 18.2 Å². The van der Waals surface area contributed by atoms with Gasteiger partial charge < -0.3 is 0 Å². The SMILES string of the molecule is FC(F)(F)c1c[c-]c(-n2nc3ccccc3n2)c(C(F)(F)F)c1.FC(F)(F)c1c[c-]c(-n2nc3ccccc3n2)c(C(F)(F)F)c1.FC(F)(F)c1c[c-]c(-n2nc3ccccc3n2)c(C(F)(F)F)c1.[Ir+3]. The van der Waals surface area contributed by atoms with E-state index in [9.17, 15) is 79.0 Å².